The van der Waals surface area contributed by atoms with E-state index in [1.54, 1.807) is 19.9 Å². The minimum Gasteiger partial charge on any atom is -0.481 e. The van der Waals surface area contributed by atoms with Crippen LogP contribution in [0.1, 0.15) is 57.4 Å². The van der Waals surface area contributed by atoms with Crippen molar-refractivity contribution in [1.82, 2.24) is 0 Å². The standard InChI is InChI=1S/C19H22Cl2O6/c1-3-19(4-2,16(23)10-18(26)27)13(8-12(22)9-17(24)25)11-5-6-14(20)15(21)7-11/h5-7,13H,3-4,8-10H2,1-2H3,(H,24,25)(H,26,27). The topological polar surface area (TPSA) is 109 Å². The number of rotatable bonds is 11. The van der Waals surface area contributed by atoms with Crippen LogP contribution in [0.15, 0.2) is 18.2 Å². The molecule has 0 saturated carbocycles. The highest BCUT2D eigenvalue weighted by atomic mass is 35.5. The van der Waals surface area contributed by atoms with E-state index in [1.807, 2.05) is 0 Å². The van der Waals surface area contributed by atoms with Crippen LogP contribution < -0.4 is 0 Å². The SMILES string of the molecule is CCC(CC)(C(=O)CC(=O)O)C(CC(=O)CC(=O)O)c1ccc(Cl)c(Cl)c1. The Hall–Kier alpha value is -1.92. The molecule has 0 saturated heterocycles. The van der Waals surface area contributed by atoms with E-state index >= 15 is 0 Å². The Kier molecular flexibility index (Phi) is 8.44. The molecule has 1 aromatic rings. The van der Waals surface area contributed by atoms with Gasteiger partial charge < -0.3 is 10.2 Å². The number of halogens is 2. The summed E-state index contributed by atoms with van der Waals surface area (Å²) in [5.41, 5.74) is -0.588. The maximum atomic E-state index is 12.8. The molecular formula is C19H22Cl2O6. The molecule has 0 aliphatic carbocycles. The fourth-order valence-corrected chi connectivity index (χ4v) is 3.78. The van der Waals surface area contributed by atoms with Gasteiger partial charge in [0.2, 0.25) is 0 Å². The summed E-state index contributed by atoms with van der Waals surface area (Å²) in [6.45, 7) is 3.49. The number of ketones is 2. The molecule has 1 aromatic carbocycles. The highest BCUT2D eigenvalue weighted by Gasteiger charge is 2.44. The molecule has 148 valence electrons. The number of aliphatic carboxylic acids is 2. The highest BCUT2D eigenvalue weighted by Crippen LogP contribution is 2.47. The number of Topliss-reactive ketones (excluding diaryl/α,β-unsaturated/α-hetero) is 2. The zero-order valence-corrected chi connectivity index (χ0v) is 16.6. The molecule has 2 N–H and O–H groups in total. The third-order valence-electron chi connectivity index (χ3n) is 4.92. The quantitative estimate of drug-likeness (QED) is 0.518. The van der Waals surface area contributed by atoms with E-state index in [0.717, 1.165) is 0 Å². The summed E-state index contributed by atoms with van der Waals surface area (Å²) in [6, 6.07) is 4.70. The van der Waals surface area contributed by atoms with Crippen LogP contribution in [-0.4, -0.2) is 33.7 Å². The summed E-state index contributed by atoms with van der Waals surface area (Å²) in [4.78, 5) is 47.1. The predicted octanol–water partition coefficient (Wildman–Crippen LogP) is 4.36. The first-order chi connectivity index (χ1) is 12.6. The van der Waals surface area contributed by atoms with E-state index in [-0.39, 0.29) is 11.4 Å². The Morgan fingerprint density at radius 2 is 1.52 bits per heavy atom. The molecule has 1 rings (SSSR count). The van der Waals surface area contributed by atoms with Gasteiger partial charge in [0.1, 0.15) is 18.6 Å². The van der Waals surface area contributed by atoms with Crippen LogP contribution in [0.4, 0.5) is 0 Å². The minimum atomic E-state index is -1.26. The summed E-state index contributed by atoms with van der Waals surface area (Å²) < 4.78 is 0. The number of carboxylic acid groups (broad SMARTS) is 2. The lowest BCUT2D eigenvalue weighted by Gasteiger charge is -2.38. The normalized spacial score (nSPS) is 12.4. The van der Waals surface area contributed by atoms with E-state index in [1.165, 1.54) is 12.1 Å². The second-order valence-electron chi connectivity index (χ2n) is 6.40. The Morgan fingerprint density at radius 1 is 0.963 bits per heavy atom. The maximum Gasteiger partial charge on any atom is 0.310 e. The first-order valence-electron chi connectivity index (χ1n) is 8.50. The van der Waals surface area contributed by atoms with Gasteiger partial charge in [-0.1, -0.05) is 43.1 Å². The summed E-state index contributed by atoms with van der Waals surface area (Å²) >= 11 is 12.0. The van der Waals surface area contributed by atoms with Crippen LogP contribution >= 0.6 is 23.2 Å². The van der Waals surface area contributed by atoms with Gasteiger partial charge in [0.05, 0.1) is 10.0 Å². The van der Waals surface area contributed by atoms with E-state index in [0.29, 0.717) is 23.4 Å². The lowest BCUT2D eigenvalue weighted by Crippen LogP contribution is -2.39. The molecule has 0 heterocycles. The first-order valence-corrected chi connectivity index (χ1v) is 9.26. The summed E-state index contributed by atoms with van der Waals surface area (Å²) in [6.07, 6.45) is -0.972. The van der Waals surface area contributed by atoms with Crippen molar-refractivity contribution in [2.45, 2.75) is 51.9 Å². The van der Waals surface area contributed by atoms with Crippen molar-refractivity contribution in [2.75, 3.05) is 0 Å². The van der Waals surface area contributed by atoms with Crippen molar-refractivity contribution in [3.8, 4) is 0 Å². The van der Waals surface area contributed by atoms with Crippen LogP contribution in [-0.2, 0) is 19.2 Å². The van der Waals surface area contributed by atoms with Crippen LogP contribution in [0, 0.1) is 5.41 Å². The predicted molar refractivity (Wildman–Crippen MR) is 101 cm³/mol. The largest absolute Gasteiger partial charge is 0.481 e. The number of carbonyl (C=O) groups excluding carboxylic acids is 2. The van der Waals surface area contributed by atoms with E-state index in [2.05, 4.69) is 0 Å². The number of hydrogen-bond acceptors (Lipinski definition) is 4. The van der Waals surface area contributed by atoms with E-state index in [9.17, 15) is 19.2 Å². The molecule has 27 heavy (non-hydrogen) atoms. The molecular weight excluding hydrogens is 395 g/mol. The average Bonchev–Trinajstić information content (AvgIpc) is 2.56. The molecule has 0 aliphatic heterocycles. The van der Waals surface area contributed by atoms with Crippen molar-refractivity contribution in [3.05, 3.63) is 33.8 Å². The molecule has 0 bridgehead atoms. The third kappa shape index (κ3) is 5.78. The molecule has 0 aromatic heterocycles. The lowest BCUT2D eigenvalue weighted by atomic mass is 9.63. The molecule has 0 radical (unpaired) electrons. The maximum absolute atomic E-state index is 12.8. The molecule has 1 atom stereocenters. The van der Waals surface area contributed by atoms with Crippen molar-refractivity contribution in [2.24, 2.45) is 5.41 Å². The van der Waals surface area contributed by atoms with Crippen molar-refractivity contribution in [3.63, 3.8) is 0 Å². The smallest absolute Gasteiger partial charge is 0.310 e. The van der Waals surface area contributed by atoms with Gasteiger partial charge in [-0.05, 0) is 30.5 Å². The molecule has 0 spiro atoms. The molecule has 0 fully saturated rings. The van der Waals surface area contributed by atoms with Gasteiger partial charge in [-0.15, -0.1) is 0 Å². The van der Waals surface area contributed by atoms with Crippen LogP contribution in [0.3, 0.4) is 0 Å². The van der Waals surface area contributed by atoms with Gasteiger partial charge in [-0.2, -0.15) is 0 Å². The van der Waals surface area contributed by atoms with E-state index in [4.69, 9.17) is 33.4 Å². The van der Waals surface area contributed by atoms with Gasteiger partial charge in [-0.3, -0.25) is 19.2 Å². The number of benzene rings is 1. The summed E-state index contributed by atoms with van der Waals surface area (Å²) in [7, 11) is 0. The number of carbonyl (C=O) groups is 4. The van der Waals surface area contributed by atoms with Crippen LogP contribution in [0.5, 0.6) is 0 Å². The minimum absolute atomic E-state index is 0.211. The average molecular weight is 417 g/mol. The van der Waals surface area contributed by atoms with Gasteiger partial charge >= 0.3 is 11.9 Å². The lowest BCUT2D eigenvalue weighted by molar-refractivity contribution is -0.144. The van der Waals surface area contributed by atoms with Crippen molar-refractivity contribution < 1.29 is 29.4 Å². The molecule has 1 unspecified atom stereocenters. The molecule has 0 amide bonds. The first kappa shape index (κ1) is 23.1. The number of carboxylic acids is 2. The van der Waals surface area contributed by atoms with Gasteiger partial charge in [0.25, 0.3) is 0 Å². The monoisotopic (exact) mass is 416 g/mol. The molecule has 0 aliphatic rings. The molecule has 6 nitrogen and oxygen atoms in total. The van der Waals surface area contributed by atoms with Crippen LogP contribution in [0.25, 0.3) is 0 Å². The Bertz CT molecular complexity index is 740. The van der Waals surface area contributed by atoms with Gasteiger partial charge in [0, 0.05) is 17.8 Å². The van der Waals surface area contributed by atoms with Crippen molar-refractivity contribution in [1.29, 1.82) is 0 Å². The third-order valence-corrected chi connectivity index (χ3v) is 5.66. The van der Waals surface area contributed by atoms with Gasteiger partial charge in [0.15, 0.2) is 5.78 Å². The highest BCUT2D eigenvalue weighted by molar-refractivity contribution is 6.42. The zero-order chi connectivity index (χ0) is 20.8. The van der Waals surface area contributed by atoms with Crippen molar-refractivity contribution >= 4 is 46.7 Å². The fourth-order valence-electron chi connectivity index (χ4n) is 3.47. The molecule has 8 heteroatoms. The zero-order valence-electron chi connectivity index (χ0n) is 15.1. The number of hydrogen-bond donors (Lipinski definition) is 2. The Balaban J connectivity index is 3.48. The second kappa shape index (κ2) is 9.85. The summed E-state index contributed by atoms with van der Waals surface area (Å²) in [5, 5.41) is 18.5. The van der Waals surface area contributed by atoms with Crippen LogP contribution in [0.2, 0.25) is 10.0 Å². The summed E-state index contributed by atoms with van der Waals surface area (Å²) in [5.74, 6) is -4.27. The Labute approximate surface area is 167 Å². The van der Waals surface area contributed by atoms with Gasteiger partial charge in [-0.25, -0.2) is 0 Å². The Morgan fingerprint density at radius 3 is 1.96 bits per heavy atom. The van der Waals surface area contributed by atoms with E-state index < -0.39 is 47.7 Å². The second-order valence-corrected chi connectivity index (χ2v) is 7.21. The fraction of sp³-hybridized carbons (Fsp3) is 0.474.